The lowest BCUT2D eigenvalue weighted by molar-refractivity contribution is -0.128. The molecule has 0 spiro atoms. The van der Waals surface area contributed by atoms with Crippen molar-refractivity contribution in [2.75, 3.05) is 13.2 Å². The monoisotopic (exact) mass is 326 g/mol. The van der Waals surface area contributed by atoms with Crippen LogP contribution in [0.1, 0.15) is 40.9 Å². The summed E-state index contributed by atoms with van der Waals surface area (Å²) in [4.78, 5) is 29.5. The van der Waals surface area contributed by atoms with E-state index in [-0.39, 0.29) is 17.8 Å². The number of carbonyl (C=O) groups is 2. The summed E-state index contributed by atoms with van der Waals surface area (Å²) in [5.41, 5.74) is 3.86. The second-order valence-corrected chi connectivity index (χ2v) is 7.08. The molecule has 24 heavy (non-hydrogen) atoms. The maximum absolute atomic E-state index is 12.3. The number of nitrogens with one attached hydrogen (secondary N) is 1. The standard InChI is InChI=1S/C19H22N2O3/c1-11-12(2)20-17-6-3-14(8-16(11)17)19(23)24-10-13-7-18(22)21(9-13)15-4-5-15/h3,6,8,13,15,20H,4-5,7,9-10H2,1-2H3. The van der Waals surface area contributed by atoms with Crippen molar-refractivity contribution in [1.29, 1.82) is 0 Å². The molecule has 5 nitrogen and oxygen atoms in total. The van der Waals surface area contributed by atoms with Gasteiger partial charge in [-0.05, 0) is 50.5 Å². The van der Waals surface area contributed by atoms with E-state index >= 15 is 0 Å². The fraction of sp³-hybridized carbons (Fsp3) is 0.474. The van der Waals surface area contributed by atoms with Gasteiger partial charge >= 0.3 is 5.97 Å². The Hall–Kier alpha value is -2.30. The molecule has 4 rings (SSSR count). The van der Waals surface area contributed by atoms with Gasteiger partial charge in [-0.1, -0.05) is 0 Å². The maximum Gasteiger partial charge on any atom is 0.338 e. The zero-order chi connectivity index (χ0) is 16.8. The van der Waals surface area contributed by atoms with Crippen LogP contribution in [0.15, 0.2) is 18.2 Å². The normalized spacial score (nSPS) is 20.8. The van der Waals surface area contributed by atoms with E-state index in [2.05, 4.69) is 4.98 Å². The van der Waals surface area contributed by atoms with Crippen molar-refractivity contribution in [2.45, 2.75) is 39.2 Å². The number of likely N-dealkylation sites (tertiary alicyclic amines) is 1. The first kappa shape index (κ1) is 15.2. The van der Waals surface area contributed by atoms with Gasteiger partial charge in [0, 0.05) is 41.5 Å². The molecule has 1 N–H and O–H groups in total. The highest BCUT2D eigenvalue weighted by Crippen LogP contribution is 2.32. The molecule has 1 aliphatic carbocycles. The quantitative estimate of drug-likeness (QED) is 0.879. The Balaban J connectivity index is 1.41. The van der Waals surface area contributed by atoms with Crippen LogP contribution in [-0.2, 0) is 9.53 Å². The largest absolute Gasteiger partial charge is 0.462 e. The number of fused-ring (bicyclic) bond motifs is 1. The minimum Gasteiger partial charge on any atom is -0.462 e. The number of hydrogen-bond acceptors (Lipinski definition) is 3. The highest BCUT2D eigenvalue weighted by Gasteiger charge is 2.39. The van der Waals surface area contributed by atoms with Gasteiger partial charge in [-0.15, -0.1) is 0 Å². The second-order valence-electron chi connectivity index (χ2n) is 7.08. The molecule has 0 bridgehead atoms. The molecular weight excluding hydrogens is 304 g/mol. The van der Waals surface area contributed by atoms with Crippen molar-refractivity contribution in [1.82, 2.24) is 9.88 Å². The number of carbonyl (C=O) groups excluding carboxylic acids is 2. The van der Waals surface area contributed by atoms with Crippen molar-refractivity contribution in [3.05, 3.63) is 35.0 Å². The van der Waals surface area contributed by atoms with E-state index in [9.17, 15) is 9.59 Å². The van der Waals surface area contributed by atoms with Crippen LogP contribution < -0.4 is 0 Å². The summed E-state index contributed by atoms with van der Waals surface area (Å²) >= 11 is 0. The van der Waals surface area contributed by atoms with Crippen LogP contribution in [0.4, 0.5) is 0 Å². The molecule has 1 unspecified atom stereocenters. The van der Waals surface area contributed by atoms with E-state index in [0.717, 1.165) is 41.5 Å². The number of hydrogen-bond donors (Lipinski definition) is 1. The molecule has 2 heterocycles. The number of aromatic nitrogens is 1. The Kier molecular flexibility index (Phi) is 3.59. The van der Waals surface area contributed by atoms with Gasteiger partial charge in [-0.2, -0.15) is 0 Å². The van der Waals surface area contributed by atoms with Gasteiger partial charge < -0.3 is 14.6 Å². The van der Waals surface area contributed by atoms with Crippen molar-refractivity contribution in [3.63, 3.8) is 0 Å². The van der Waals surface area contributed by atoms with Gasteiger partial charge in [-0.25, -0.2) is 4.79 Å². The minimum atomic E-state index is -0.313. The molecule has 1 aromatic heterocycles. The Bertz CT molecular complexity index is 819. The van der Waals surface area contributed by atoms with E-state index < -0.39 is 0 Å². The number of ether oxygens (including phenoxy) is 1. The lowest BCUT2D eigenvalue weighted by Gasteiger charge is -2.15. The Morgan fingerprint density at radius 2 is 2.12 bits per heavy atom. The van der Waals surface area contributed by atoms with Crippen LogP contribution in [0, 0.1) is 19.8 Å². The molecule has 5 heteroatoms. The van der Waals surface area contributed by atoms with Crippen molar-refractivity contribution >= 4 is 22.8 Å². The molecule has 1 aromatic carbocycles. The SMILES string of the molecule is Cc1[nH]c2ccc(C(=O)OCC3CC(=O)N(C4CC4)C3)cc2c1C. The molecule has 1 saturated carbocycles. The molecular formula is C19H22N2O3. The summed E-state index contributed by atoms with van der Waals surface area (Å²) < 4.78 is 5.48. The molecule has 1 saturated heterocycles. The lowest BCUT2D eigenvalue weighted by atomic mass is 10.1. The van der Waals surface area contributed by atoms with Gasteiger partial charge in [-0.3, -0.25) is 4.79 Å². The zero-order valence-electron chi connectivity index (χ0n) is 14.1. The summed E-state index contributed by atoms with van der Waals surface area (Å²) in [6.07, 6.45) is 2.74. The fourth-order valence-electron chi connectivity index (χ4n) is 3.52. The summed E-state index contributed by atoms with van der Waals surface area (Å²) in [5, 5.41) is 1.05. The molecule has 0 radical (unpaired) electrons. The van der Waals surface area contributed by atoms with E-state index in [0.29, 0.717) is 24.6 Å². The third-order valence-corrected chi connectivity index (χ3v) is 5.22. The predicted octanol–water partition coefficient (Wildman–Crippen LogP) is 2.95. The number of amides is 1. The van der Waals surface area contributed by atoms with Crippen LogP contribution in [0.2, 0.25) is 0 Å². The summed E-state index contributed by atoms with van der Waals surface area (Å²) in [6.45, 7) is 5.11. The topological polar surface area (TPSA) is 62.4 Å². The zero-order valence-corrected chi connectivity index (χ0v) is 14.1. The third-order valence-electron chi connectivity index (χ3n) is 5.22. The maximum atomic E-state index is 12.3. The van der Waals surface area contributed by atoms with Crippen LogP contribution in [-0.4, -0.2) is 41.0 Å². The smallest absolute Gasteiger partial charge is 0.338 e. The average molecular weight is 326 g/mol. The lowest BCUT2D eigenvalue weighted by Crippen LogP contribution is -2.27. The Labute approximate surface area is 141 Å². The van der Waals surface area contributed by atoms with E-state index in [1.54, 1.807) is 6.07 Å². The second kappa shape index (κ2) is 5.65. The van der Waals surface area contributed by atoms with Gasteiger partial charge in [0.05, 0.1) is 12.2 Å². The first-order chi connectivity index (χ1) is 11.5. The molecule has 1 atom stereocenters. The van der Waals surface area contributed by atoms with Gasteiger partial charge in [0.1, 0.15) is 0 Å². The van der Waals surface area contributed by atoms with Crippen LogP contribution in [0.25, 0.3) is 10.9 Å². The van der Waals surface area contributed by atoms with Gasteiger partial charge in [0.2, 0.25) is 5.91 Å². The van der Waals surface area contributed by atoms with Crippen molar-refractivity contribution in [3.8, 4) is 0 Å². The number of aryl methyl sites for hydroxylation is 2. The number of nitrogens with zero attached hydrogens (tertiary/aromatic N) is 1. The van der Waals surface area contributed by atoms with Gasteiger partial charge in [0.25, 0.3) is 0 Å². The van der Waals surface area contributed by atoms with Crippen molar-refractivity contribution in [2.24, 2.45) is 5.92 Å². The van der Waals surface area contributed by atoms with Crippen LogP contribution in [0.5, 0.6) is 0 Å². The highest BCUT2D eigenvalue weighted by atomic mass is 16.5. The van der Waals surface area contributed by atoms with E-state index in [1.807, 2.05) is 30.9 Å². The minimum absolute atomic E-state index is 0.127. The number of H-pyrrole nitrogens is 1. The van der Waals surface area contributed by atoms with Crippen LogP contribution >= 0.6 is 0 Å². The molecule has 1 aliphatic heterocycles. The molecule has 126 valence electrons. The van der Waals surface area contributed by atoms with Crippen molar-refractivity contribution < 1.29 is 14.3 Å². The molecule has 2 fully saturated rings. The molecule has 2 aromatic rings. The number of benzene rings is 1. The first-order valence-corrected chi connectivity index (χ1v) is 8.58. The molecule has 2 aliphatic rings. The first-order valence-electron chi connectivity index (χ1n) is 8.58. The highest BCUT2D eigenvalue weighted by molar-refractivity contribution is 5.96. The summed E-state index contributed by atoms with van der Waals surface area (Å²) in [7, 11) is 0. The summed E-state index contributed by atoms with van der Waals surface area (Å²) in [5.74, 6) is 0.0212. The molecule has 1 amide bonds. The Morgan fingerprint density at radius 1 is 1.33 bits per heavy atom. The van der Waals surface area contributed by atoms with E-state index in [1.165, 1.54) is 0 Å². The van der Waals surface area contributed by atoms with Crippen LogP contribution in [0.3, 0.4) is 0 Å². The Morgan fingerprint density at radius 3 is 2.88 bits per heavy atom. The van der Waals surface area contributed by atoms with Gasteiger partial charge in [0.15, 0.2) is 0 Å². The number of aromatic amines is 1. The third kappa shape index (κ3) is 2.68. The fourth-order valence-corrected chi connectivity index (χ4v) is 3.52. The average Bonchev–Trinajstić information content (AvgIpc) is 3.29. The number of esters is 1. The predicted molar refractivity (Wildman–Crippen MR) is 90.9 cm³/mol. The summed E-state index contributed by atoms with van der Waals surface area (Å²) in [6, 6.07) is 6.03. The van der Waals surface area contributed by atoms with E-state index in [4.69, 9.17) is 4.74 Å². The number of rotatable bonds is 4.